The van der Waals surface area contributed by atoms with Crippen LogP contribution in [0.5, 0.6) is 0 Å². The molecule has 1 aromatic carbocycles. The first-order chi connectivity index (χ1) is 8.58. The number of hydrogen-bond acceptors (Lipinski definition) is 2. The Morgan fingerprint density at radius 2 is 2.11 bits per heavy atom. The first-order valence-corrected chi connectivity index (χ1v) is 6.59. The molecule has 0 aliphatic heterocycles. The van der Waals surface area contributed by atoms with Gasteiger partial charge in [0.25, 0.3) is 0 Å². The highest BCUT2D eigenvalue weighted by molar-refractivity contribution is 7.80. The van der Waals surface area contributed by atoms with Gasteiger partial charge in [0.1, 0.15) is 0 Å². The fraction of sp³-hybridized carbons (Fsp3) is 0.429. The van der Waals surface area contributed by atoms with Crippen LogP contribution in [0.25, 0.3) is 0 Å². The second kappa shape index (κ2) is 5.48. The van der Waals surface area contributed by atoms with Crippen LogP contribution in [0.4, 0.5) is 0 Å². The summed E-state index contributed by atoms with van der Waals surface area (Å²) < 4.78 is 0. The highest BCUT2D eigenvalue weighted by atomic mass is 32.1. The summed E-state index contributed by atoms with van der Waals surface area (Å²) in [5.74, 6) is 0.219. The summed E-state index contributed by atoms with van der Waals surface area (Å²) in [4.78, 5) is 14.3. The molecule has 2 rings (SSSR count). The van der Waals surface area contributed by atoms with Gasteiger partial charge in [0.2, 0.25) is 5.91 Å². The number of carbonyl (C=O) groups excluding carboxylic acids is 1. The van der Waals surface area contributed by atoms with Crippen molar-refractivity contribution in [3.05, 3.63) is 35.4 Å². The van der Waals surface area contributed by atoms with Crippen LogP contribution in [0.3, 0.4) is 0 Å². The second-order valence-corrected chi connectivity index (χ2v) is 5.39. The zero-order chi connectivity index (χ0) is 13.1. The molecule has 1 atom stereocenters. The molecule has 1 amide bonds. The Labute approximate surface area is 113 Å². The third kappa shape index (κ3) is 2.88. The number of amides is 1. The van der Waals surface area contributed by atoms with Crippen molar-refractivity contribution >= 4 is 23.1 Å². The number of aryl methyl sites for hydroxylation is 1. The van der Waals surface area contributed by atoms with Crippen LogP contribution in [-0.4, -0.2) is 29.4 Å². The maximum absolute atomic E-state index is 12.3. The standard InChI is InChI=1S/C14H18N2OS/c1-16(9-13(15)18)14(17)12-7-6-10-4-2-3-5-11(10)8-12/h2-5,12H,6-9H2,1H3,(H2,15,18). The zero-order valence-corrected chi connectivity index (χ0v) is 11.4. The third-order valence-electron chi connectivity index (χ3n) is 3.47. The molecule has 0 spiro atoms. The van der Waals surface area contributed by atoms with Gasteiger partial charge in [-0.2, -0.15) is 0 Å². The predicted molar refractivity (Wildman–Crippen MR) is 76.4 cm³/mol. The van der Waals surface area contributed by atoms with Gasteiger partial charge in [-0.15, -0.1) is 0 Å². The van der Waals surface area contributed by atoms with E-state index < -0.39 is 0 Å². The SMILES string of the molecule is CN(CC(N)=S)C(=O)C1CCc2ccccc2C1. The maximum Gasteiger partial charge on any atom is 0.226 e. The van der Waals surface area contributed by atoms with Crippen molar-refractivity contribution in [1.82, 2.24) is 4.90 Å². The highest BCUT2D eigenvalue weighted by Gasteiger charge is 2.26. The second-order valence-electron chi connectivity index (χ2n) is 4.87. The molecular formula is C14H18N2OS. The van der Waals surface area contributed by atoms with Gasteiger partial charge in [0, 0.05) is 13.0 Å². The smallest absolute Gasteiger partial charge is 0.226 e. The quantitative estimate of drug-likeness (QED) is 0.840. The first kappa shape index (κ1) is 13.0. The summed E-state index contributed by atoms with van der Waals surface area (Å²) in [7, 11) is 1.77. The van der Waals surface area contributed by atoms with E-state index in [1.807, 2.05) is 6.07 Å². The number of hydrogen-bond donors (Lipinski definition) is 1. The monoisotopic (exact) mass is 262 g/mol. The Morgan fingerprint density at radius 1 is 1.44 bits per heavy atom. The lowest BCUT2D eigenvalue weighted by molar-refractivity contribution is -0.133. The minimum absolute atomic E-state index is 0.0687. The van der Waals surface area contributed by atoms with E-state index in [2.05, 4.69) is 18.2 Å². The van der Waals surface area contributed by atoms with Crippen LogP contribution in [0.15, 0.2) is 24.3 Å². The first-order valence-electron chi connectivity index (χ1n) is 6.18. The van der Waals surface area contributed by atoms with Gasteiger partial charge in [0.05, 0.1) is 11.5 Å². The molecule has 3 nitrogen and oxygen atoms in total. The van der Waals surface area contributed by atoms with Crippen LogP contribution in [0.1, 0.15) is 17.5 Å². The van der Waals surface area contributed by atoms with E-state index in [1.54, 1.807) is 11.9 Å². The molecule has 96 valence electrons. The van der Waals surface area contributed by atoms with Gasteiger partial charge in [-0.3, -0.25) is 4.79 Å². The lowest BCUT2D eigenvalue weighted by Gasteiger charge is -2.27. The van der Waals surface area contributed by atoms with Crippen molar-refractivity contribution < 1.29 is 4.79 Å². The average Bonchev–Trinajstić information content (AvgIpc) is 2.36. The number of benzene rings is 1. The van der Waals surface area contributed by atoms with E-state index in [0.717, 1.165) is 19.3 Å². The van der Waals surface area contributed by atoms with Crippen molar-refractivity contribution in [2.75, 3.05) is 13.6 Å². The van der Waals surface area contributed by atoms with E-state index in [4.69, 9.17) is 18.0 Å². The third-order valence-corrected chi connectivity index (χ3v) is 3.59. The largest absolute Gasteiger partial charge is 0.392 e. The molecule has 4 heteroatoms. The molecule has 0 saturated carbocycles. The van der Waals surface area contributed by atoms with E-state index in [1.165, 1.54) is 11.1 Å². The van der Waals surface area contributed by atoms with E-state index in [-0.39, 0.29) is 11.8 Å². The van der Waals surface area contributed by atoms with Gasteiger partial charge < -0.3 is 10.6 Å². The van der Waals surface area contributed by atoms with E-state index in [0.29, 0.717) is 11.5 Å². The van der Waals surface area contributed by atoms with E-state index >= 15 is 0 Å². The van der Waals surface area contributed by atoms with Crippen molar-refractivity contribution in [2.45, 2.75) is 19.3 Å². The Morgan fingerprint density at radius 3 is 2.78 bits per heavy atom. The lowest BCUT2D eigenvalue weighted by Crippen LogP contribution is -2.40. The van der Waals surface area contributed by atoms with Gasteiger partial charge in [0.15, 0.2) is 0 Å². The number of nitrogens with two attached hydrogens (primary N) is 1. The molecule has 0 radical (unpaired) electrons. The lowest BCUT2D eigenvalue weighted by atomic mass is 9.83. The minimum Gasteiger partial charge on any atom is -0.392 e. The van der Waals surface area contributed by atoms with Crippen LogP contribution < -0.4 is 5.73 Å². The maximum atomic E-state index is 12.3. The number of nitrogens with zero attached hydrogens (tertiary/aromatic N) is 1. The van der Waals surface area contributed by atoms with Crippen molar-refractivity contribution in [3.8, 4) is 0 Å². The molecule has 0 heterocycles. The average molecular weight is 262 g/mol. The van der Waals surface area contributed by atoms with Crippen LogP contribution >= 0.6 is 12.2 Å². The summed E-state index contributed by atoms with van der Waals surface area (Å²) in [6, 6.07) is 8.35. The summed E-state index contributed by atoms with van der Waals surface area (Å²) in [6.45, 7) is 0.367. The molecule has 1 unspecified atom stereocenters. The molecule has 0 aromatic heterocycles. The number of rotatable bonds is 3. The minimum atomic E-state index is 0.0687. The van der Waals surface area contributed by atoms with E-state index in [9.17, 15) is 4.79 Å². The van der Waals surface area contributed by atoms with Crippen molar-refractivity contribution in [2.24, 2.45) is 11.7 Å². The Kier molecular flexibility index (Phi) is 3.97. The zero-order valence-electron chi connectivity index (χ0n) is 10.6. The Hall–Kier alpha value is -1.42. The number of likely N-dealkylation sites (N-methyl/N-ethyl adjacent to an activating group) is 1. The normalized spacial score (nSPS) is 17.9. The molecule has 0 bridgehead atoms. The number of thiocarbonyl (C=S) groups is 1. The van der Waals surface area contributed by atoms with Crippen LogP contribution in [-0.2, 0) is 17.6 Å². The molecule has 1 aromatic rings. The van der Waals surface area contributed by atoms with Gasteiger partial charge >= 0.3 is 0 Å². The van der Waals surface area contributed by atoms with Crippen molar-refractivity contribution in [1.29, 1.82) is 0 Å². The summed E-state index contributed by atoms with van der Waals surface area (Å²) in [5.41, 5.74) is 8.15. The van der Waals surface area contributed by atoms with Gasteiger partial charge in [-0.1, -0.05) is 36.5 Å². The van der Waals surface area contributed by atoms with Gasteiger partial charge in [-0.25, -0.2) is 0 Å². The molecule has 1 aliphatic carbocycles. The summed E-state index contributed by atoms with van der Waals surface area (Å²) in [6.07, 6.45) is 2.72. The fourth-order valence-corrected chi connectivity index (χ4v) is 2.73. The van der Waals surface area contributed by atoms with Crippen molar-refractivity contribution in [3.63, 3.8) is 0 Å². The fourth-order valence-electron chi connectivity index (χ4n) is 2.53. The number of carbonyl (C=O) groups is 1. The topological polar surface area (TPSA) is 46.3 Å². The Balaban J connectivity index is 2.04. The summed E-state index contributed by atoms with van der Waals surface area (Å²) in [5, 5.41) is 0. The number of fused-ring (bicyclic) bond motifs is 1. The molecule has 2 N–H and O–H groups in total. The molecule has 0 fully saturated rings. The summed E-state index contributed by atoms with van der Waals surface area (Å²) >= 11 is 4.84. The van der Waals surface area contributed by atoms with Crippen LogP contribution in [0, 0.1) is 5.92 Å². The van der Waals surface area contributed by atoms with Crippen LogP contribution in [0.2, 0.25) is 0 Å². The molecule has 0 saturated heterocycles. The van der Waals surface area contributed by atoms with Gasteiger partial charge in [-0.05, 0) is 30.4 Å². The molecular weight excluding hydrogens is 244 g/mol. The highest BCUT2D eigenvalue weighted by Crippen LogP contribution is 2.26. The Bertz CT molecular complexity index is 473. The predicted octanol–water partition coefficient (Wildman–Crippen LogP) is 1.54. The molecule has 1 aliphatic rings. The molecule has 18 heavy (non-hydrogen) atoms.